The Morgan fingerprint density at radius 2 is 1.53 bits per heavy atom. The number of hydrogen-bond acceptors (Lipinski definition) is 4. The number of amides is 2. The summed E-state index contributed by atoms with van der Waals surface area (Å²) in [5.74, 6) is -1.19. The second-order valence-electron chi connectivity index (χ2n) is 4.45. The standard InChI is InChI=1S/C10H16F3N3O3/c1-9(14,10(11,12)13)7(17)15-3-5-16(6-4-15)8(18)19-2/h3-6,14H2,1-2H3. The van der Waals surface area contributed by atoms with E-state index in [4.69, 9.17) is 5.73 Å². The predicted molar refractivity (Wildman–Crippen MR) is 59.2 cm³/mol. The van der Waals surface area contributed by atoms with E-state index in [1.165, 1.54) is 12.0 Å². The topological polar surface area (TPSA) is 75.9 Å². The summed E-state index contributed by atoms with van der Waals surface area (Å²) < 4.78 is 42.4. The molecule has 9 heteroatoms. The highest BCUT2D eigenvalue weighted by Gasteiger charge is 2.55. The molecule has 0 bridgehead atoms. The predicted octanol–water partition coefficient (Wildman–Crippen LogP) is 0.177. The van der Waals surface area contributed by atoms with Crippen molar-refractivity contribution in [3.05, 3.63) is 0 Å². The Kier molecular flexibility index (Phi) is 4.28. The Morgan fingerprint density at radius 3 is 1.89 bits per heavy atom. The van der Waals surface area contributed by atoms with Crippen molar-refractivity contribution in [3.8, 4) is 0 Å². The molecular weight excluding hydrogens is 267 g/mol. The van der Waals surface area contributed by atoms with E-state index in [1.54, 1.807) is 0 Å². The van der Waals surface area contributed by atoms with Crippen LogP contribution in [0.2, 0.25) is 0 Å². The Bertz CT molecular complexity index is 363. The fourth-order valence-electron chi connectivity index (χ4n) is 1.67. The zero-order valence-corrected chi connectivity index (χ0v) is 10.7. The fourth-order valence-corrected chi connectivity index (χ4v) is 1.67. The van der Waals surface area contributed by atoms with Crippen molar-refractivity contribution >= 4 is 12.0 Å². The molecule has 1 unspecified atom stereocenters. The van der Waals surface area contributed by atoms with Crippen molar-refractivity contribution in [1.82, 2.24) is 9.80 Å². The normalized spacial score (nSPS) is 19.9. The lowest BCUT2D eigenvalue weighted by Crippen LogP contribution is -2.64. The fraction of sp³-hybridized carbons (Fsp3) is 0.800. The van der Waals surface area contributed by atoms with Crippen molar-refractivity contribution < 1.29 is 27.5 Å². The smallest absolute Gasteiger partial charge is 0.415 e. The first kappa shape index (κ1) is 15.5. The summed E-state index contributed by atoms with van der Waals surface area (Å²) in [6.07, 6.45) is -5.39. The van der Waals surface area contributed by atoms with Gasteiger partial charge in [-0.1, -0.05) is 0 Å². The number of hydrogen-bond donors (Lipinski definition) is 1. The lowest BCUT2D eigenvalue weighted by atomic mass is 10.0. The van der Waals surface area contributed by atoms with Crippen molar-refractivity contribution in [3.63, 3.8) is 0 Å². The van der Waals surface area contributed by atoms with Crippen LogP contribution in [-0.2, 0) is 9.53 Å². The summed E-state index contributed by atoms with van der Waals surface area (Å²) in [6.45, 7) is 0.869. The van der Waals surface area contributed by atoms with Crippen LogP contribution in [0.25, 0.3) is 0 Å². The minimum atomic E-state index is -4.82. The number of halogens is 3. The molecule has 1 rings (SSSR count). The Labute approximate surface area is 108 Å². The number of piperazine rings is 1. The second kappa shape index (κ2) is 5.24. The van der Waals surface area contributed by atoms with Crippen LogP contribution in [-0.4, -0.2) is 66.8 Å². The Morgan fingerprint density at radius 1 is 1.11 bits per heavy atom. The first-order chi connectivity index (χ1) is 8.61. The molecule has 0 aromatic rings. The maximum absolute atomic E-state index is 12.6. The summed E-state index contributed by atoms with van der Waals surface area (Å²) in [4.78, 5) is 25.3. The van der Waals surface area contributed by atoms with Crippen LogP contribution < -0.4 is 5.73 Å². The maximum Gasteiger partial charge on any atom is 0.415 e. The van der Waals surface area contributed by atoms with Gasteiger partial charge in [0.1, 0.15) is 0 Å². The molecule has 1 saturated heterocycles. The van der Waals surface area contributed by atoms with Crippen LogP contribution in [0.1, 0.15) is 6.92 Å². The first-order valence-corrected chi connectivity index (χ1v) is 5.59. The molecule has 110 valence electrons. The molecule has 2 N–H and O–H groups in total. The average Bonchev–Trinajstić information content (AvgIpc) is 2.35. The highest BCUT2D eigenvalue weighted by molar-refractivity contribution is 5.87. The van der Waals surface area contributed by atoms with E-state index < -0.39 is 23.7 Å². The van der Waals surface area contributed by atoms with Gasteiger partial charge >= 0.3 is 12.3 Å². The van der Waals surface area contributed by atoms with E-state index >= 15 is 0 Å². The van der Waals surface area contributed by atoms with E-state index in [2.05, 4.69) is 4.74 Å². The number of nitrogens with zero attached hydrogens (tertiary/aromatic N) is 2. The number of carbonyl (C=O) groups excluding carboxylic acids is 2. The Hall–Kier alpha value is -1.51. The largest absolute Gasteiger partial charge is 0.453 e. The highest BCUT2D eigenvalue weighted by Crippen LogP contribution is 2.29. The van der Waals surface area contributed by atoms with Crippen molar-refractivity contribution in [2.24, 2.45) is 5.73 Å². The zero-order chi connectivity index (χ0) is 14.8. The van der Waals surface area contributed by atoms with Crippen molar-refractivity contribution in [2.45, 2.75) is 18.6 Å². The number of alkyl halides is 3. The monoisotopic (exact) mass is 283 g/mol. The first-order valence-electron chi connectivity index (χ1n) is 5.59. The average molecular weight is 283 g/mol. The Balaban J connectivity index is 2.66. The van der Waals surface area contributed by atoms with Crippen LogP contribution in [0, 0.1) is 0 Å². The minimum Gasteiger partial charge on any atom is -0.453 e. The third-order valence-electron chi connectivity index (χ3n) is 3.03. The van der Waals surface area contributed by atoms with Gasteiger partial charge in [-0.15, -0.1) is 0 Å². The number of carbonyl (C=O) groups is 2. The van der Waals surface area contributed by atoms with Gasteiger partial charge < -0.3 is 20.3 Å². The van der Waals surface area contributed by atoms with Crippen LogP contribution in [0.15, 0.2) is 0 Å². The van der Waals surface area contributed by atoms with Crippen LogP contribution in [0.5, 0.6) is 0 Å². The number of methoxy groups -OCH3 is 1. The van der Waals surface area contributed by atoms with E-state index in [9.17, 15) is 22.8 Å². The van der Waals surface area contributed by atoms with Gasteiger partial charge in [0, 0.05) is 26.2 Å². The molecule has 1 heterocycles. The van der Waals surface area contributed by atoms with E-state index in [1.807, 2.05) is 0 Å². The van der Waals surface area contributed by atoms with Gasteiger partial charge in [0.15, 0.2) is 5.54 Å². The van der Waals surface area contributed by atoms with Gasteiger partial charge in [-0.05, 0) is 6.92 Å². The molecule has 0 aromatic carbocycles. The second-order valence-corrected chi connectivity index (χ2v) is 4.45. The third-order valence-corrected chi connectivity index (χ3v) is 3.03. The minimum absolute atomic E-state index is 0.00317. The molecule has 6 nitrogen and oxygen atoms in total. The molecule has 0 saturated carbocycles. The van der Waals surface area contributed by atoms with Gasteiger partial charge in [-0.3, -0.25) is 4.79 Å². The molecule has 0 aromatic heterocycles. The molecule has 0 spiro atoms. The lowest BCUT2D eigenvalue weighted by molar-refractivity contribution is -0.194. The van der Waals surface area contributed by atoms with E-state index in [0.29, 0.717) is 6.92 Å². The molecule has 0 radical (unpaired) electrons. The van der Waals surface area contributed by atoms with Crippen molar-refractivity contribution in [2.75, 3.05) is 33.3 Å². The quantitative estimate of drug-likeness (QED) is 0.744. The van der Waals surface area contributed by atoms with Gasteiger partial charge in [0.2, 0.25) is 0 Å². The summed E-state index contributed by atoms with van der Waals surface area (Å²) in [5, 5.41) is 0. The SMILES string of the molecule is COC(=O)N1CCN(C(=O)C(C)(N)C(F)(F)F)CC1. The summed E-state index contributed by atoms with van der Waals surface area (Å²) in [6, 6.07) is 0. The molecule has 0 aliphatic carbocycles. The van der Waals surface area contributed by atoms with Crippen LogP contribution >= 0.6 is 0 Å². The number of rotatable bonds is 1. The maximum atomic E-state index is 12.6. The lowest BCUT2D eigenvalue weighted by Gasteiger charge is -2.38. The van der Waals surface area contributed by atoms with Gasteiger partial charge in [0.05, 0.1) is 7.11 Å². The molecule has 1 aliphatic rings. The van der Waals surface area contributed by atoms with Crippen LogP contribution in [0.4, 0.5) is 18.0 Å². The van der Waals surface area contributed by atoms with Crippen LogP contribution in [0.3, 0.4) is 0 Å². The number of ether oxygens (including phenoxy) is 1. The third kappa shape index (κ3) is 3.09. The summed E-state index contributed by atoms with van der Waals surface area (Å²) >= 11 is 0. The summed E-state index contributed by atoms with van der Waals surface area (Å²) in [7, 11) is 1.21. The molecule has 1 atom stereocenters. The van der Waals surface area contributed by atoms with Crippen molar-refractivity contribution in [1.29, 1.82) is 0 Å². The van der Waals surface area contributed by atoms with Gasteiger partial charge in [-0.25, -0.2) is 4.79 Å². The molecule has 19 heavy (non-hydrogen) atoms. The molecule has 2 amide bonds. The van der Waals surface area contributed by atoms with Gasteiger partial charge in [0.25, 0.3) is 5.91 Å². The van der Waals surface area contributed by atoms with Gasteiger partial charge in [-0.2, -0.15) is 13.2 Å². The summed E-state index contributed by atoms with van der Waals surface area (Å²) in [5.41, 5.74) is 2.15. The molecular formula is C10H16F3N3O3. The molecule has 1 aliphatic heterocycles. The zero-order valence-electron chi connectivity index (χ0n) is 10.7. The molecule has 1 fully saturated rings. The van der Waals surface area contributed by atoms with E-state index in [-0.39, 0.29) is 26.2 Å². The number of nitrogens with two attached hydrogens (primary N) is 1. The highest BCUT2D eigenvalue weighted by atomic mass is 19.4. The van der Waals surface area contributed by atoms with E-state index in [0.717, 1.165) is 4.90 Å².